The first-order chi connectivity index (χ1) is 36.7. The van der Waals surface area contributed by atoms with E-state index in [-0.39, 0.29) is 89.6 Å². The molecule has 6 saturated carbocycles. The number of carbonyl (C=O) groups is 2. The van der Waals surface area contributed by atoms with Gasteiger partial charge in [0, 0.05) is 31.7 Å². The Kier molecular flexibility index (Phi) is 15.8. The molecule has 20 atom stereocenters. The third-order valence-corrected chi connectivity index (χ3v) is 33.4. The summed E-state index contributed by atoms with van der Waals surface area (Å²) < 4.78 is 29.8. The second kappa shape index (κ2) is 20.3. The normalized spacial score (nSPS) is 48.7. The maximum Gasteiger partial charge on any atom is 0.312 e. The van der Waals surface area contributed by atoms with E-state index in [0.717, 1.165) is 77.2 Å². The molecule has 446 valence electrons. The highest BCUT2D eigenvalue weighted by Crippen LogP contribution is 2.79. The minimum absolute atomic E-state index is 0.00424. The van der Waals surface area contributed by atoms with Gasteiger partial charge in [0.2, 0.25) is 0 Å². The lowest BCUT2D eigenvalue weighted by Crippen LogP contribution is -2.63. The SMILES string of the molecule is COCC1=CC(C)(CO)C2CC[C@]3(C)C(CC=C4C5[C@@H](C)[C@H](C)CCC5(C(=O)OC)CC[C@]43C)[C@@]12C.COCC1=CC(C)(CO[Si](C)(C)C(C)(C)C)C2CC[C@]3(C)C(CC=C4C5[C@@H](C)[C@H](C)CCC5(C(=O)OC)CC[C@]43C)[C@@]12C. The molecule has 0 amide bonds. The molecule has 0 spiro atoms. The number of allylic oxidation sites excluding steroid dienone is 4. The van der Waals surface area contributed by atoms with Gasteiger partial charge in [0.05, 0.1) is 44.9 Å². The number of aliphatic hydroxyl groups excluding tert-OH is 1. The molecule has 0 radical (unpaired) electrons. The monoisotopic (exact) mass is 1110 g/mol. The third kappa shape index (κ3) is 8.36. The van der Waals surface area contributed by atoms with Gasteiger partial charge in [0.15, 0.2) is 8.32 Å². The highest BCUT2D eigenvalue weighted by Gasteiger charge is 2.73. The molecule has 0 aromatic rings. The van der Waals surface area contributed by atoms with Gasteiger partial charge in [-0.15, -0.1) is 0 Å². The van der Waals surface area contributed by atoms with Crippen molar-refractivity contribution in [2.75, 3.05) is 54.9 Å². The van der Waals surface area contributed by atoms with E-state index in [2.05, 4.69) is 141 Å². The predicted molar refractivity (Wildman–Crippen MR) is 322 cm³/mol. The Balaban J connectivity index is 0.000000195. The second-order valence-corrected chi connectivity index (χ2v) is 37.4. The van der Waals surface area contributed by atoms with Gasteiger partial charge in [-0.25, -0.2) is 0 Å². The van der Waals surface area contributed by atoms with Gasteiger partial charge >= 0.3 is 11.9 Å². The zero-order chi connectivity index (χ0) is 58.3. The van der Waals surface area contributed by atoms with E-state index >= 15 is 0 Å². The summed E-state index contributed by atoms with van der Waals surface area (Å²) in [6.07, 6.45) is 25.3. The van der Waals surface area contributed by atoms with Gasteiger partial charge in [-0.2, -0.15) is 0 Å². The van der Waals surface area contributed by atoms with Crippen molar-refractivity contribution >= 4 is 20.3 Å². The molecule has 0 saturated heterocycles. The Morgan fingerprint density at radius 3 is 1.33 bits per heavy atom. The molecule has 0 heterocycles. The van der Waals surface area contributed by atoms with Gasteiger partial charge in [0.1, 0.15) is 0 Å². The molecule has 6 fully saturated rings. The molecule has 79 heavy (non-hydrogen) atoms. The largest absolute Gasteiger partial charge is 0.469 e. The second-order valence-electron chi connectivity index (χ2n) is 32.6. The van der Waals surface area contributed by atoms with Crippen molar-refractivity contribution in [1.29, 1.82) is 0 Å². The van der Waals surface area contributed by atoms with E-state index in [1.807, 2.05) is 7.11 Å². The number of esters is 2. The average Bonchev–Trinajstić information content (AvgIpc) is 2.68. The molecule has 8 nitrogen and oxygen atoms in total. The van der Waals surface area contributed by atoms with E-state index in [9.17, 15) is 14.7 Å². The minimum Gasteiger partial charge on any atom is -0.469 e. The van der Waals surface area contributed by atoms with Crippen LogP contribution in [0, 0.1) is 113 Å². The number of carbonyl (C=O) groups excluding carboxylic acids is 2. The first-order valence-electron chi connectivity index (χ1n) is 31.9. The van der Waals surface area contributed by atoms with Crippen LogP contribution in [0.1, 0.15) is 194 Å². The Bertz CT molecular complexity index is 2500. The van der Waals surface area contributed by atoms with Crippen molar-refractivity contribution < 1.29 is 38.1 Å². The summed E-state index contributed by atoms with van der Waals surface area (Å²) in [7, 11) is 4.97. The van der Waals surface area contributed by atoms with Crippen molar-refractivity contribution in [1.82, 2.24) is 0 Å². The van der Waals surface area contributed by atoms with E-state index in [1.165, 1.54) is 30.4 Å². The standard InChI is InChI=1S/C38H64O4Si.C32H50O4/c1-25-16-19-38(32(39)41-11)21-20-35(7)28(31(38)26(25)2)14-15-30-36(35,8)18-17-29-34(6,22-27(23-40-10)37(29,30)9)24-42-43(12,13)33(3,4)5;1-20-11-14-32(27(34)36-8)16-15-29(4)23(26(32)21(20)2)9-10-25-30(29,5)13-12-24-28(3,19-33)17-22(18-35-7)31(24,25)6/h14,22,25-26,29-31H,15-21,23-24H2,1-13H3;9,17,20-21,24-26,33H,10-16,18-19H2,1-8H3/t25-,26+,29?,30?,31?,34?,35-,36-,37+,38?;20-,21+,24?,25?,26?,28?,29-,30-,31+,32?/m11/s1. The third-order valence-electron chi connectivity index (χ3n) is 28.9. The highest BCUT2D eigenvalue weighted by molar-refractivity contribution is 6.74. The van der Waals surface area contributed by atoms with E-state index < -0.39 is 8.32 Å². The number of fused-ring (bicyclic) bond motifs is 14. The Morgan fingerprint density at radius 2 is 0.962 bits per heavy atom. The summed E-state index contributed by atoms with van der Waals surface area (Å²) in [5, 5.41) is 10.7. The lowest BCUT2D eigenvalue weighted by atomic mass is 9.35. The van der Waals surface area contributed by atoms with E-state index in [4.69, 9.17) is 23.4 Å². The zero-order valence-electron chi connectivity index (χ0n) is 54.1. The lowest BCUT2D eigenvalue weighted by molar-refractivity contribution is -0.177. The maximum absolute atomic E-state index is 13.6. The Hall–Kier alpha value is -2.04. The molecule has 0 aliphatic heterocycles. The molecular formula is C70H114O8Si. The molecule has 0 aromatic heterocycles. The van der Waals surface area contributed by atoms with Gasteiger partial charge < -0.3 is 28.5 Å². The number of ether oxygens (including phenoxy) is 4. The highest BCUT2D eigenvalue weighted by atomic mass is 28.4. The summed E-state index contributed by atoms with van der Waals surface area (Å²) in [5.41, 5.74) is 5.66. The van der Waals surface area contributed by atoms with Crippen LogP contribution in [0.4, 0.5) is 0 Å². The molecule has 10 aliphatic rings. The zero-order valence-corrected chi connectivity index (χ0v) is 55.1. The Labute approximate surface area is 482 Å². The smallest absolute Gasteiger partial charge is 0.312 e. The summed E-state index contributed by atoms with van der Waals surface area (Å²) >= 11 is 0. The summed E-state index contributed by atoms with van der Waals surface area (Å²) in [6, 6.07) is 0. The lowest BCUT2D eigenvalue weighted by Gasteiger charge is -2.69. The van der Waals surface area contributed by atoms with Crippen molar-refractivity contribution in [3.63, 3.8) is 0 Å². The van der Waals surface area contributed by atoms with E-state index in [1.54, 1.807) is 32.5 Å². The summed E-state index contributed by atoms with van der Waals surface area (Å²) in [6.45, 7) is 43.9. The maximum atomic E-state index is 13.6. The van der Waals surface area contributed by atoms with Crippen molar-refractivity contribution in [2.24, 2.45) is 113 Å². The minimum atomic E-state index is -1.88. The number of rotatable bonds is 10. The van der Waals surface area contributed by atoms with Gasteiger partial charge in [0.25, 0.3) is 0 Å². The topological polar surface area (TPSA) is 101 Å². The fraction of sp³-hybridized carbons (Fsp3) is 0.857. The van der Waals surface area contributed by atoms with Crippen LogP contribution in [-0.2, 0) is 33.0 Å². The molecular weight excluding hydrogens is 997 g/mol. The van der Waals surface area contributed by atoms with Crippen LogP contribution in [0.25, 0.3) is 0 Å². The molecule has 9 heteroatoms. The van der Waals surface area contributed by atoms with Gasteiger partial charge in [-0.1, -0.05) is 139 Å². The molecule has 10 aliphatic carbocycles. The molecule has 10 rings (SSSR count). The fourth-order valence-electron chi connectivity index (χ4n) is 22.4. The fourth-order valence-corrected chi connectivity index (χ4v) is 23.5. The van der Waals surface area contributed by atoms with Crippen LogP contribution in [-0.4, -0.2) is 80.2 Å². The van der Waals surface area contributed by atoms with Gasteiger partial charge in [-0.05, 0) is 211 Å². The number of hydrogen-bond acceptors (Lipinski definition) is 8. The number of methoxy groups -OCH3 is 4. The molecule has 1 N–H and O–H groups in total. The van der Waals surface area contributed by atoms with E-state index in [0.29, 0.717) is 60.6 Å². The average molecular weight is 1110 g/mol. The van der Waals surface area contributed by atoms with Crippen molar-refractivity contribution in [3.8, 4) is 0 Å². The van der Waals surface area contributed by atoms with Crippen LogP contribution in [0.2, 0.25) is 18.1 Å². The van der Waals surface area contributed by atoms with Crippen LogP contribution in [0.5, 0.6) is 0 Å². The predicted octanol–water partition coefficient (Wildman–Crippen LogP) is 16.2. The van der Waals surface area contributed by atoms with Crippen molar-refractivity contribution in [2.45, 2.75) is 212 Å². The van der Waals surface area contributed by atoms with Crippen molar-refractivity contribution in [3.05, 3.63) is 46.6 Å². The van der Waals surface area contributed by atoms with Gasteiger partial charge in [-0.3, -0.25) is 9.59 Å². The number of hydrogen-bond donors (Lipinski definition) is 1. The molecule has 10 unspecified atom stereocenters. The summed E-state index contributed by atoms with van der Waals surface area (Å²) in [4.78, 5) is 27.1. The van der Waals surface area contributed by atoms with Crippen LogP contribution in [0.15, 0.2) is 46.6 Å². The molecule has 0 bridgehead atoms. The summed E-state index contributed by atoms with van der Waals surface area (Å²) in [5.74, 6) is 4.82. The quantitative estimate of drug-likeness (QED) is 0.131. The number of aliphatic hydroxyl groups is 1. The Morgan fingerprint density at radius 1 is 0.570 bits per heavy atom. The van der Waals surface area contributed by atoms with Crippen LogP contribution >= 0.6 is 0 Å². The first kappa shape index (κ1) is 61.5. The molecule has 0 aromatic carbocycles. The van der Waals surface area contributed by atoms with Crippen LogP contribution < -0.4 is 0 Å². The van der Waals surface area contributed by atoms with Crippen LogP contribution in [0.3, 0.4) is 0 Å². The first-order valence-corrected chi connectivity index (χ1v) is 34.8.